The summed E-state index contributed by atoms with van der Waals surface area (Å²) in [5.74, 6) is 0.102. The highest BCUT2D eigenvalue weighted by molar-refractivity contribution is 8.00. The molecule has 144 valence electrons. The largest absolute Gasteiger partial charge is 0.325 e. The zero-order valence-electron chi connectivity index (χ0n) is 16.0. The Morgan fingerprint density at radius 1 is 1.07 bits per heavy atom. The number of amides is 1. The fraction of sp³-hybridized carbons (Fsp3) is 0.208. The third-order valence-electron chi connectivity index (χ3n) is 5.01. The molecule has 0 fully saturated rings. The number of anilines is 1. The Kier molecular flexibility index (Phi) is 5.92. The third kappa shape index (κ3) is 4.49. The number of hydrogen-bond donors (Lipinski definition) is 1. The summed E-state index contributed by atoms with van der Waals surface area (Å²) in [4.78, 5) is 17.3. The van der Waals surface area contributed by atoms with E-state index in [4.69, 9.17) is 0 Å². The van der Waals surface area contributed by atoms with Gasteiger partial charge in [-0.2, -0.15) is 5.26 Å². The van der Waals surface area contributed by atoms with Crippen LogP contribution in [0.3, 0.4) is 0 Å². The molecule has 0 atom stereocenters. The van der Waals surface area contributed by atoms with Crippen molar-refractivity contribution in [2.75, 3.05) is 11.1 Å². The Morgan fingerprint density at radius 3 is 2.66 bits per heavy atom. The summed E-state index contributed by atoms with van der Waals surface area (Å²) in [5, 5.41) is 13.1. The van der Waals surface area contributed by atoms with Gasteiger partial charge in [-0.05, 0) is 48.9 Å². The zero-order valence-corrected chi connectivity index (χ0v) is 16.8. The first-order valence-corrected chi connectivity index (χ1v) is 10.7. The summed E-state index contributed by atoms with van der Waals surface area (Å²) < 4.78 is 0. The van der Waals surface area contributed by atoms with Crippen molar-refractivity contribution in [2.24, 2.45) is 0 Å². The summed E-state index contributed by atoms with van der Waals surface area (Å²) in [7, 11) is 0. The number of pyridine rings is 1. The van der Waals surface area contributed by atoms with Gasteiger partial charge >= 0.3 is 0 Å². The van der Waals surface area contributed by atoms with Gasteiger partial charge in [0.15, 0.2) is 0 Å². The van der Waals surface area contributed by atoms with Crippen LogP contribution in [0.15, 0.2) is 65.7 Å². The average Bonchev–Trinajstić information content (AvgIpc) is 2.78. The molecule has 1 N–H and O–H groups in total. The first kappa shape index (κ1) is 19.2. The van der Waals surface area contributed by atoms with Crippen molar-refractivity contribution in [2.45, 2.75) is 30.7 Å². The Morgan fingerprint density at radius 2 is 1.83 bits per heavy atom. The van der Waals surface area contributed by atoms with E-state index in [2.05, 4.69) is 16.4 Å². The molecule has 1 aliphatic rings. The van der Waals surface area contributed by atoms with Gasteiger partial charge in [-0.15, -0.1) is 0 Å². The van der Waals surface area contributed by atoms with E-state index in [1.165, 1.54) is 17.3 Å². The highest BCUT2D eigenvalue weighted by atomic mass is 32.2. The Bertz CT molecular complexity index is 1070. The maximum absolute atomic E-state index is 12.6. The van der Waals surface area contributed by atoms with Crippen LogP contribution in [0.25, 0.3) is 11.1 Å². The fourth-order valence-corrected chi connectivity index (χ4v) is 4.36. The molecule has 0 bridgehead atoms. The smallest absolute Gasteiger partial charge is 0.234 e. The summed E-state index contributed by atoms with van der Waals surface area (Å²) in [6, 6.07) is 21.9. The van der Waals surface area contributed by atoms with E-state index in [0.717, 1.165) is 48.2 Å². The molecular weight excluding hydrogens is 378 g/mol. The van der Waals surface area contributed by atoms with Gasteiger partial charge in [0.05, 0.1) is 11.3 Å². The molecule has 3 aromatic rings. The molecule has 1 aliphatic carbocycles. The van der Waals surface area contributed by atoms with E-state index in [9.17, 15) is 10.1 Å². The van der Waals surface area contributed by atoms with E-state index < -0.39 is 0 Å². The number of para-hydroxylation sites is 1. The van der Waals surface area contributed by atoms with Crippen molar-refractivity contribution < 1.29 is 4.79 Å². The summed E-state index contributed by atoms with van der Waals surface area (Å²) in [5.41, 5.74) is 5.64. The Balaban J connectivity index is 1.48. The van der Waals surface area contributed by atoms with Crippen LogP contribution in [0.1, 0.15) is 29.7 Å². The second kappa shape index (κ2) is 8.93. The first-order valence-electron chi connectivity index (χ1n) is 9.74. The molecule has 5 heteroatoms. The van der Waals surface area contributed by atoms with Gasteiger partial charge in [0.25, 0.3) is 0 Å². The van der Waals surface area contributed by atoms with Crippen molar-refractivity contribution in [3.63, 3.8) is 0 Å². The molecule has 4 nitrogen and oxygen atoms in total. The molecule has 0 aliphatic heterocycles. The number of nitrogens with zero attached hydrogens (tertiary/aromatic N) is 2. The monoisotopic (exact) mass is 399 g/mol. The van der Waals surface area contributed by atoms with Crippen molar-refractivity contribution in [3.8, 4) is 17.2 Å². The minimum absolute atomic E-state index is 0.109. The molecule has 1 amide bonds. The average molecular weight is 400 g/mol. The normalized spacial score (nSPS) is 12.7. The number of carbonyl (C=O) groups excluding carboxylic acids is 1. The Labute approximate surface area is 175 Å². The fourth-order valence-electron chi connectivity index (χ4n) is 3.59. The predicted molar refractivity (Wildman–Crippen MR) is 117 cm³/mol. The van der Waals surface area contributed by atoms with Crippen molar-refractivity contribution in [3.05, 3.63) is 77.5 Å². The van der Waals surface area contributed by atoms with Crippen molar-refractivity contribution in [1.29, 1.82) is 5.26 Å². The lowest BCUT2D eigenvalue weighted by molar-refractivity contribution is -0.113. The number of rotatable bonds is 5. The molecule has 0 radical (unpaired) electrons. The number of fused-ring (bicyclic) bond motifs is 1. The molecule has 0 spiro atoms. The lowest BCUT2D eigenvalue weighted by atomic mass is 9.95. The first-order chi connectivity index (χ1) is 14.2. The van der Waals surface area contributed by atoms with Gasteiger partial charge in [0, 0.05) is 16.9 Å². The van der Waals surface area contributed by atoms with Gasteiger partial charge in [0.1, 0.15) is 11.1 Å². The number of aromatic nitrogens is 1. The highest BCUT2D eigenvalue weighted by Crippen LogP contribution is 2.29. The summed E-state index contributed by atoms with van der Waals surface area (Å²) in [6.07, 6.45) is 4.21. The van der Waals surface area contributed by atoms with Crippen LogP contribution in [-0.2, 0) is 17.6 Å². The molecule has 0 unspecified atom stereocenters. The maximum Gasteiger partial charge on any atom is 0.234 e. The summed E-state index contributed by atoms with van der Waals surface area (Å²) in [6.45, 7) is 0. The van der Waals surface area contributed by atoms with Gasteiger partial charge < -0.3 is 5.32 Å². The molecule has 0 saturated carbocycles. The molecule has 2 aromatic carbocycles. The zero-order chi connectivity index (χ0) is 20.1. The topological polar surface area (TPSA) is 65.8 Å². The number of nitriles is 1. The second-order valence-electron chi connectivity index (χ2n) is 7.01. The standard InChI is InChI=1S/C24H21N3OS/c25-15-19-14-18-10-4-6-12-21(18)27-24(19)29-16-23(28)26-22-13-7-5-11-20(22)17-8-2-1-3-9-17/h1-3,5,7-9,11,13-14H,4,6,10,12,16H2,(H,26,28). The van der Waals surface area contributed by atoms with Crippen molar-refractivity contribution in [1.82, 2.24) is 4.98 Å². The van der Waals surface area contributed by atoms with Gasteiger partial charge in [-0.3, -0.25) is 4.79 Å². The van der Waals surface area contributed by atoms with E-state index >= 15 is 0 Å². The van der Waals surface area contributed by atoms with Crippen LogP contribution >= 0.6 is 11.8 Å². The van der Waals surface area contributed by atoms with Gasteiger partial charge in [-0.1, -0.05) is 60.3 Å². The van der Waals surface area contributed by atoms with Crippen molar-refractivity contribution >= 4 is 23.4 Å². The van der Waals surface area contributed by atoms with E-state index in [-0.39, 0.29) is 11.7 Å². The quantitative estimate of drug-likeness (QED) is 0.597. The molecule has 1 aromatic heterocycles. The van der Waals surface area contributed by atoms with Gasteiger partial charge in [-0.25, -0.2) is 4.98 Å². The van der Waals surface area contributed by atoms with Gasteiger partial charge in [0.2, 0.25) is 5.91 Å². The van der Waals surface area contributed by atoms with E-state index in [1.807, 2.05) is 60.7 Å². The number of aryl methyl sites for hydroxylation is 2. The van der Waals surface area contributed by atoms with Crippen LogP contribution in [0.5, 0.6) is 0 Å². The second-order valence-corrected chi connectivity index (χ2v) is 7.98. The molecule has 29 heavy (non-hydrogen) atoms. The number of thioether (sulfide) groups is 1. The molecule has 0 saturated heterocycles. The number of benzene rings is 2. The lowest BCUT2D eigenvalue weighted by Crippen LogP contribution is -2.15. The van der Waals surface area contributed by atoms with Crippen LogP contribution in [0.2, 0.25) is 0 Å². The highest BCUT2D eigenvalue weighted by Gasteiger charge is 2.17. The molecular formula is C24H21N3OS. The minimum atomic E-state index is -0.109. The minimum Gasteiger partial charge on any atom is -0.325 e. The van der Waals surface area contributed by atoms with Crippen LogP contribution in [0, 0.1) is 11.3 Å². The predicted octanol–water partition coefficient (Wildman–Crippen LogP) is 5.23. The number of carbonyl (C=O) groups is 1. The molecule has 4 rings (SSSR count). The molecule has 1 heterocycles. The van der Waals surface area contributed by atoms with Crippen LogP contribution in [0.4, 0.5) is 5.69 Å². The van der Waals surface area contributed by atoms with E-state index in [1.54, 1.807) is 0 Å². The number of nitrogens with one attached hydrogen (secondary N) is 1. The van der Waals surface area contributed by atoms with E-state index in [0.29, 0.717) is 10.6 Å². The summed E-state index contributed by atoms with van der Waals surface area (Å²) >= 11 is 1.33. The number of hydrogen-bond acceptors (Lipinski definition) is 4. The third-order valence-corrected chi connectivity index (χ3v) is 6.00. The maximum atomic E-state index is 12.6. The van der Waals surface area contributed by atoms with Crippen LogP contribution < -0.4 is 5.32 Å². The SMILES string of the molecule is N#Cc1cc2c(nc1SCC(=O)Nc1ccccc1-c1ccccc1)CCCC2. The van der Waals surface area contributed by atoms with Crippen LogP contribution in [-0.4, -0.2) is 16.6 Å². The Hall–Kier alpha value is -3.10. The lowest BCUT2D eigenvalue weighted by Gasteiger charge is -2.16.